The Hall–Kier alpha value is -1.56. The first-order valence-corrected chi connectivity index (χ1v) is 7.37. The Balaban J connectivity index is 2.03. The molecule has 0 radical (unpaired) electrons. The van der Waals surface area contributed by atoms with E-state index in [1.807, 2.05) is 0 Å². The summed E-state index contributed by atoms with van der Waals surface area (Å²) in [5.74, 6) is -1.90. The molecule has 0 spiro atoms. The minimum atomic E-state index is -4.26. The molecule has 0 aliphatic heterocycles. The first-order chi connectivity index (χ1) is 10.4. The lowest BCUT2D eigenvalue weighted by atomic mass is 9.84. The Morgan fingerprint density at radius 2 is 1.86 bits per heavy atom. The number of carbonyl (C=O) groups excluding carboxylic acids is 1. The second-order valence-electron chi connectivity index (χ2n) is 5.64. The molecule has 0 bridgehead atoms. The number of amides is 1. The van der Waals surface area contributed by atoms with Gasteiger partial charge in [-0.05, 0) is 30.5 Å². The molecular weight excluding hydrogens is 295 g/mol. The molecule has 22 heavy (non-hydrogen) atoms. The van der Waals surface area contributed by atoms with Crippen LogP contribution in [-0.4, -0.2) is 25.2 Å². The van der Waals surface area contributed by atoms with Gasteiger partial charge in [-0.15, -0.1) is 0 Å². The third-order valence-corrected chi connectivity index (χ3v) is 4.03. The highest BCUT2D eigenvalue weighted by atomic mass is 19.4. The van der Waals surface area contributed by atoms with Crippen LogP contribution in [0.1, 0.15) is 41.6 Å². The number of carbonyl (C=O) groups is 1. The SMILES string of the molecule is COCc1ccc(C(=O)N[C@H]2CCCC[C@@H]2C(F)(F)F)cc1. The maximum absolute atomic E-state index is 13.0. The molecule has 3 nitrogen and oxygen atoms in total. The molecule has 1 aliphatic carbocycles. The van der Waals surface area contributed by atoms with Crippen LogP contribution in [0.3, 0.4) is 0 Å². The average Bonchev–Trinajstić information content (AvgIpc) is 2.48. The number of hydrogen-bond acceptors (Lipinski definition) is 2. The smallest absolute Gasteiger partial charge is 0.380 e. The summed E-state index contributed by atoms with van der Waals surface area (Å²) in [4.78, 5) is 12.1. The summed E-state index contributed by atoms with van der Waals surface area (Å²) in [6.07, 6.45) is -2.54. The molecule has 1 amide bonds. The van der Waals surface area contributed by atoms with E-state index in [0.29, 0.717) is 31.4 Å². The third kappa shape index (κ3) is 4.22. The van der Waals surface area contributed by atoms with Gasteiger partial charge >= 0.3 is 6.18 Å². The predicted octanol–water partition coefficient (Wildman–Crippen LogP) is 3.68. The van der Waals surface area contributed by atoms with E-state index >= 15 is 0 Å². The Labute approximate surface area is 127 Å². The average molecular weight is 315 g/mol. The summed E-state index contributed by atoms with van der Waals surface area (Å²) in [7, 11) is 1.57. The standard InChI is InChI=1S/C16H20F3NO2/c1-22-10-11-6-8-12(9-7-11)15(21)20-14-5-3-2-4-13(14)16(17,18)19/h6-9,13-14H,2-5,10H2,1H3,(H,20,21)/t13-,14-/m0/s1. The normalized spacial score (nSPS) is 22.4. The van der Waals surface area contributed by atoms with Gasteiger partial charge in [-0.25, -0.2) is 0 Å². The molecule has 0 saturated heterocycles. The van der Waals surface area contributed by atoms with Crippen LogP contribution in [0.4, 0.5) is 13.2 Å². The van der Waals surface area contributed by atoms with E-state index in [-0.39, 0.29) is 6.42 Å². The maximum Gasteiger partial charge on any atom is 0.393 e. The Morgan fingerprint density at radius 1 is 1.23 bits per heavy atom. The molecule has 0 heterocycles. The number of halogens is 3. The van der Waals surface area contributed by atoms with Gasteiger partial charge in [0.15, 0.2) is 0 Å². The van der Waals surface area contributed by atoms with Crippen molar-refractivity contribution in [2.75, 3.05) is 7.11 Å². The van der Waals surface area contributed by atoms with Crippen molar-refractivity contribution in [2.45, 2.75) is 44.5 Å². The van der Waals surface area contributed by atoms with E-state index in [2.05, 4.69) is 5.32 Å². The lowest BCUT2D eigenvalue weighted by Crippen LogP contribution is -2.47. The van der Waals surface area contributed by atoms with Gasteiger partial charge in [0.05, 0.1) is 12.5 Å². The molecule has 2 rings (SSSR count). The fourth-order valence-electron chi connectivity index (χ4n) is 2.87. The highest BCUT2D eigenvalue weighted by molar-refractivity contribution is 5.94. The van der Waals surface area contributed by atoms with Gasteiger partial charge in [-0.3, -0.25) is 4.79 Å². The highest BCUT2D eigenvalue weighted by Gasteiger charge is 2.45. The molecule has 1 saturated carbocycles. The van der Waals surface area contributed by atoms with Crippen LogP contribution in [0.2, 0.25) is 0 Å². The highest BCUT2D eigenvalue weighted by Crippen LogP contribution is 2.37. The maximum atomic E-state index is 13.0. The van der Waals surface area contributed by atoms with Crippen molar-refractivity contribution in [3.63, 3.8) is 0 Å². The number of methoxy groups -OCH3 is 1. The van der Waals surface area contributed by atoms with Crippen LogP contribution >= 0.6 is 0 Å². The molecule has 1 aliphatic rings. The molecular formula is C16H20F3NO2. The van der Waals surface area contributed by atoms with Gasteiger partial charge in [-0.1, -0.05) is 25.0 Å². The zero-order chi connectivity index (χ0) is 16.2. The second kappa shape index (κ2) is 7.13. The fourth-order valence-corrected chi connectivity index (χ4v) is 2.87. The molecule has 1 aromatic rings. The van der Waals surface area contributed by atoms with Gasteiger partial charge in [0, 0.05) is 18.7 Å². The molecule has 1 aromatic carbocycles. The summed E-state index contributed by atoms with van der Waals surface area (Å²) in [6.45, 7) is 0.431. The topological polar surface area (TPSA) is 38.3 Å². The Kier molecular flexibility index (Phi) is 5.45. The van der Waals surface area contributed by atoms with Crippen molar-refractivity contribution in [1.82, 2.24) is 5.32 Å². The van der Waals surface area contributed by atoms with Gasteiger partial charge in [0.1, 0.15) is 0 Å². The van der Waals surface area contributed by atoms with E-state index in [9.17, 15) is 18.0 Å². The van der Waals surface area contributed by atoms with Gasteiger partial charge in [-0.2, -0.15) is 13.2 Å². The molecule has 2 atom stereocenters. The number of ether oxygens (including phenoxy) is 1. The van der Waals surface area contributed by atoms with Crippen molar-refractivity contribution in [2.24, 2.45) is 5.92 Å². The first kappa shape index (κ1) is 16.8. The minimum absolute atomic E-state index is 0.0845. The van der Waals surface area contributed by atoms with Crippen molar-refractivity contribution in [1.29, 1.82) is 0 Å². The van der Waals surface area contributed by atoms with E-state index in [1.165, 1.54) is 0 Å². The van der Waals surface area contributed by atoms with Gasteiger partial charge < -0.3 is 10.1 Å². The molecule has 6 heteroatoms. The molecule has 0 aromatic heterocycles. The quantitative estimate of drug-likeness (QED) is 0.920. The largest absolute Gasteiger partial charge is 0.393 e. The monoisotopic (exact) mass is 315 g/mol. The Bertz CT molecular complexity index is 499. The lowest BCUT2D eigenvalue weighted by molar-refractivity contribution is -0.187. The number of nitrogens with one attached hydrogen (secondary N) is 1. The van der Waals surface area contributed by atoms with Crippen molar-refractivity contribution < 1.29 is 22.7 Å². The molecule has 0 unspecified atom stereocenters. The number of rotatable bonds is 4. The van der Waals surface area contributed by atoms with E-state index < -0.39 is 24.0 Å². The van der Waals surface area contributed by atoms with Crippen LogP contribution in [0, 0.1) is 5.92 Å². The van der Waals surface area contributed by atoms with Crippen LogP contribution in [0.15, 0.2) is 24.3 Å². The van der Waals surface area contributed by atoms with Crippen LogP contribution in [0.5, 0.6) is 0 Å². The fraction of sp³-hybridized carbons (Fsp3) is 0.562. The van der Waals surface area contributed by atoms with Crippen molar-refractivity contribution in [3.8, 4) is 0 Å². The van der Waals surface area contributed by atoms with Crippen LogP contribution in [0.25, 0.3) is 0 Å². The summed E-state index contributed by atoms with van der Waals surface area (Å²) >= 11 is 0. The minimum Gasteiger partial charge on any atom is -0.380 e. The summed E-state index contributed by atoms with van der Waals surface area (Å²) < 4.78 is 44.0. The van der Waals surface area contributed by atoms with E-state index in [1.54, 1.807) is 31.4 Å². The summed E-state index contributed by atoms with van der Waals surface area (Å²) in [5, 5.41) is 2.55. The first-order valence-electron chi connectivity index (χ1n) is 7.37. The van der Waals surface area contributed by atoms with Crippen molar-refractivity contribution >= 4 is 5.91 Å². The molecule has 1 fully saturated rings. The zero-order valence-electron chi connectivity index (χ0n) is 12.5. The van der Waals surface area contributed by atoms with E-state index in [0.717, 1.165) is 5.56 Å². The number of alkyl halides is 3. The lowest BCUT2D eigenvalue weighted by Gasteiger charge is -2.33. The Morgan fingerprint density at radius 3 is 2.45 bits per heavy atom. The molecule has 122 valence electrons. The second-order valence-corrected chi connectivity index (χ2v) is 5.64. The van der Waals surface area contributed by atoms with Crippen molar-refractivity contribution in [3.05, 3.63) is 35.4 Å². The predicted molar refractivity (Wildman–Crippen MR) is 76.4 cm³/mol. The van der Waals surface area contributed by atoms with Crippen LogP contribution in [-0.2, 0) is 11.3 Å². The number of hydrogen-bond donors (Lipinski definition) is 1. The zero-order valence-corrected chi connectivity index (χ0v) is 12.5. The van der Waals surface area contributed by atoms with Gasteiger partial charge in [0.2, 0.25) is 0 Å². The third-order valence-electron chi connectivity index (χ3n) is 4.03. The number of benzene rings is 1. The van der Waals surface area contributed by atoms with E-state index in [4.69, 9.17) is 4.74 Å². The summed E-state index contributed by atoms with van der Waals surface area (Å²) in [6, 6.07) is 5.85. The summed E-state index contributed by atoms with van der Waals surface area (Å²) in [5.41, 5.74) is 1.27. The van der Waals surface area contributed by atoms with Gasteiger partial charge in [0.25, 0.3) is 5.91 Å². The van der Waals surface area contributed by atoms with Crippen LogP contribution < -0.4 is 5.32 Å². The molecule has 1 N–H and O–H groups in total.